The van der Waals surface area contributed by atoms with Gasteiger partial charge in [-0.3, -0.25) is 14.4 Å². The van der Waals surface area contributed by atoms with Crippen molar-refractivity contribution in [2.75, 3.05) is 13.2 Å². The molecule has 78 heavy (non-hydrogen) atoms. The molecule has 0 N–H and O–H groups in total. The lowest BCUT2D eigenvalue weighted by Gasteiger charge is -2.18. The SMILES string of the molecule is CCCCC/C=C\C/C=C\CCCCCCCCCCCC(=O)OC(COC(=O)CCCCCCCCCCCCCCC)COC(=O)CCCCCCCCCCCCCCCCCCCCCCCCCCCCCC. The fourth-order valence-electron chi connectivity index (χ4n) is 10.9. The van der Waals surface area contributed by atoms with Gasteiger partial charge in [0, 0.05) is 19.3 Å². The van der Waals surface area contributed by atoms with Crippen molar-refractivity contribution in [2.24, 2.45) is 0 Å². The zero-order chi connectivity index (χ0) is 56.4. The van der Waals surface area contributed by atoms with E-state index in [2.05, 4.69) is 45.1 Å². The van der Waals surface area contributed by atoms with Gasteiger partial charge in [0.05, 0.1) is 0 Å². The number of allylic oxidation sites excluding steroid dienone is 4. The van der Waals surface area contributed by atoms with Crippen LogP contribution in [-0.4, -0.2) is 37.2 Å². The van der Waals surface area contributed by atoms with Gasteiger partial charge in [-0.25, -0.2) is 0 Å². The average Bonchev–Trinajstić information content (AvgIpc) is 3.44. The van der Waals surface area contributed by atoms with Crippen LogP contribution in [0.4, 0.5) is 0 Å². The lowest BCUT2D eigenvalue weighted by atomic mass is 10.0. The van der Waals surface area contributed by atoms with E-state index in [0.717, 1.165) is 64.2 Å². The van der Waals surface area contributed by atoms with Crippen LogP contribution in [0.15, 0.2) is 24.3 Å². The monoisotopic (exact) mass is 1100 g/mol. The van der Waals surface area contributed by atoms with Crippen molar-refractivity contribution in [1.29, 1.82) is 0 Å². The van der Waals surface area contributed by atoms with Crippen molar-refractivity contribution in [3.8, 4) is 0 Å². The van der Waals surface area contributed by atoms with Gasteiger partial charge in [0.2, 0.25) is 0 Å². The smallest absolute Gasteiger partial charge is 0.306 e. The molecular formula is C72H136O6. The molecule has 0 saturated heterocycles. The van der Waals surface area contributed by atoms with Gasteiger partial charge in [-0.15, -0.1) is 0 Å². The first-order valence-electron chi connectivity index (χ1n) is 35.3. The van der Waals surface area contributed by atoms with E-state index >= 15 is 0 Å². The second kappa shape index (κ2) is 67.4. The topological polar surface area (TPSA) is 78.9 Å². The number of carbonyl (C=O) groups is 3. The second-order valence-electron chi connectivity index (χ2n) is 24.2. The maximum Gasteiger partial charge on any atom is 0.306 e. The fourth-order valence-corrected chi connectivity index (χ4v) is 10.9. The van der Waals surface area contributed by atoms with Gasteiger partial charge < -0.3 is 14.2 Å². The van der Waals surface area contributed by atoms with Crippen LogP contribution >= 0.6 is 0 Å². The summed E-state index contributed by atoms with van der Waals surface area (Å²) in [6.45, 7) is 6.69. The summed E-state index contributed by atoms with van der Waals surface area (Å²) in [6, 6.07) is 0. The number of ether oxygens (including phenoxy) is 3. The molecule has 0 fully saturated rings. The van der Waals surface area contributed by atoms with E-state index in [4.69, 9.17) is 14.2 Å². The molecule has 0 heterocycles. The number of rotatable bonds is 66. The first kappa shape index (κ1) is 75.9. The van der Waals surface area contributed by atoms with E-state index in [9.17, 15) is 14.4 Å². The number of esters is 3. The summed E-state index contributed by atoms with van der Waals surface area (Å²) in [5.41, 5.74) is 0. The summed E-state index contributed by atoms with van der Waals surface area (Å²) in [7, 11) is 0. The molecule has 1 unspecified atom stereocenters. The van der Waals surface area contributed by atoms with Gasteiger partial charge in [-0.05, 0) is 51.4 Å². The Morgan fingerprint density at radius 3 is 0.731 bits per heavy atom. The Bertz CT molecular complexity index is 1260. The zero-order valence-corrected chi connectivity index (χ0v) is 53.0. The number of hydrogen-bond acceptors (Lipinski definition) is 6. The molecule has 0 aliphatic rings. The first-order chi connectivity index (χ1) is 38.5. The Labute approximate surface area is 487 Å². The van der Waals surface area contributed by atoms with Crippen LogP contribution in [0.5, 0.6) is 0 Å². The highest BCUT2D eigenvalue weighted by Crippen LogP contribution is 2.19. The van der Waals surface area contributed by atoms with E-state index in [-0.39, 0.29) is 31.1 Å². The molecule has 0 aliphatic heterocycles. The molecule has 0 amide bonds. The normalized spacial score (nSPS) is 12.1. The van der Waals surface area contributed by atoms with Gasteiger partial charge in [0.1, 0.15) is 13.2 Å². The molecular weight excluding hydrogens is 961 g/mol. The third kappa shape index (κ3) is 64.7. The standard InChI is InChI=1S/C72H136O6/c1-4-7-10-13-16-19-22-25-27-29-31-32-33-34-35-36-37-38-39-41-42-44-47-50-53-56-59-62-65-71(74)77-68-69(67-76-70(73)64-61-58-55-52-49-46-24-21-18-15-12-9-6-3)78-72(75)66-63-60-57-54-51-48-45-43-40-30-28-26-23-20-17-14-11-8-5-2/h17,20,26,28,69H,4-16,18-19,21-25,27,29-68H2,1-3H3/b20-17-,28-26-. The summed E-state index contributed by atoms with van der Waals surface area (Å²) in [5, 5.41) is 0. The molecule has 0 bridgehead atoms. The quantitative estimate of drug-likeness (QED) is 0.0261. The van der Waals surface area contributed by atoms with Gasteiger partial charge in [-0.2, -0.15) is 0 Å². The van der Waals surface area contributed by atoms with Crippen LogP contribution < -0.4 is 0 Å². The molecule has 0 aromatic rings. The number of carbonyl (C=O) groups excluding carboxylic acids is 3. The van der Waals surface area contributed by atoms with Gasteiger partial charge in [-0.1, -0.05) is 353 Å². The Morgan fingerprint density at radius 1 is 0.256 bits per heavy atom. The van der Waals surface area contributed by atoms with Crippen LogP contribution in [0.2, 0.25) is 0 Å². The highest BCUT2D eigenvalue weighted by atomic mass is 16.6. The largest absolute Gasteiger partial charge is 0.462 e. The van der Waals surface area contributed by atoms with E-state index < -0.39 is 6.10 Å². The Kier molecular flexibility index (Phi) is 65.6. The zero-order valence-electron chi connectivity index (χ0n) is 53.0. The molecule has 460 valence electrons. The molecule has 0 spiro atoms. The minimum absolute atomic E-state index is 0.0665. The molecule has 1 atom stereocenters. The highest BCUT2D eigenvalue weighted by molar-refractivity contribution is 5.71. The summed E-state index contributed by atoms with van der Waals surface area (Å²) in [6.07, 6.45) is 82.1. The molecule has 6 nitrogen and oxygen atoms in total. The Balaban J connectivity index is 4.18. The molecule has 0 radical (unpaired) electrons. The van der Waals surface area contributed by atoms with Crippen molar-refractivity contribution in [1.82, 2.24) is 0 Å². The van der Waals surface area contributed by atoms with Crippen LogP contribution in [0.3, 0.4) is 0 Å². The van der Waals surface area contributed by atoms with Crippen LogP contribution in [-0.2, 0) is 28.6 Å². The highest BCUT2D eigenvalue weighted by Gasteiger charge is 2.19. The maximum atomic E-state index is 12.9. The predicted octanol–water partition coefficient (Wildman–Crippen LogP) is 24.2. The molecule has 0 aromatic heterocycles. The molecule has 0 aliphatic carbocycles. The fraction of sp³-hybridized carbons (Fsp3) is 0.903. The van der Waals surface area contributed by atoms with E-state index in [1.165, 1.54) is 295 Å². The maximum absolute atomic E-state index is 12.9. The van der Waals surface area contributed by atoms with Gasteiger partial charge in [0.15, 0.2) is 6.10 Å². The summed E-state index contributed by atoms with van der Waals surface area (Å²) in [4.78, 5) is 38.4. The first-order valence-corrected chi connectivity index (χ1v) is 35.3. The molecule has 0 aromatic carbocycles. The van der Waals surface area contributed by atoms with Gasteiger partial charge in [0.25, 0.3) is 0 Å². The second-order valence-corrected chi connectivity index (χ2v) is 24.2. The number of hydrogen-bond donors (Lipinski definition) is 0. The third-order valence-corrected chi connectivity index (χ3v) is 16.2. The van der Waals surface area contributed by atoms with E-state index in [1.807, 2.05) is 0 Å². The van der Waals surface area contributed by atoms with Crippen molar-refractivity contribution in [2.45, 2.75) is 406 Å². The van der Waals surface area contributed by atoms with Crippen molar-refractivity contribution < 1.29 is 28.6 Å². The van der Waals surface area contributed by atoms with Crippen molar-refractivity contribution in [3.63, 3.8) is 0 Å². The lowest BCUT2D eigenvalue weighted by molar-refractivity contribution is -0.167. The molecule has 0 saturated carbocycles. The molecule has 6 heteroatoms. The summed E-state index contributed by atoms with van der Waals surface area (Å²) in [5.74, 6) is -0.839. The third-order valence-electron chi connectivity index (χ3n) is 16.2. The predicted molar refractivity (Wildman–Crippen MR) is 340 cm³/mol. The lowest BCUT2D eigenvalue weighted by Crippen LogP contribution is -2.30. The van der Waals surface area contributed by atoms with Crippen molar-refractivity contribution >= 4 is 17.9 Å². The van der Waals surface area contributed by atoms with Crippen LogP contribution in [0.25, 0.3) is 0 Å². The minimum atomic E-state index is -0.770. The van der Waals surface area contributed by atoms with Crippen LogP contribution in [0.1, 0.15) is 400 Å². The van der Waals surface area contributed by atoms with Crippen molar-refractivity contribution in [3.05, 3.63) is 24.3 Å². The van der Waals surface area contributed by atoms with Gasteiger partial charge >= 0.3 is 17.9 Å². The Morgan fingerprint density at radius 2 is 0.462 bits per heavy atom. The molecule has 0 rings (SSSR count). The summed E-state index contributed by atoms with van der Waals surface area (Å²) >= 11 is 0. The van der Waals surface area contributed by atoms with E-state index in [1.54, 1.807) is 0 Å². The average molecular weight is 1100 g/mol. The van der Waals surface area contributed by atoms with Crippen LogP contribution in [0, 0.1) is 0 Å². The Hall–Kier alpha value is -2.11. The summed E-state index contributed by atoms with van der Waals surface area (Å²) < 4.78 is 17.0. The number of unbranched alkanes of at least 4 members (excludes halogenated alkanes) is 51. The minimum Gasteiger partial charge on any atom is -0.462 e. The van der Waals surface area contributed by atoms with E-state index in [0.29, 0.717) is 19.3 Å².